The van der Waals surface area contributed by atoms with Crippen LogP contribution >= 0.6 is 11.6 Å². The van der Waals surface area contributed by atoms with Crippen molar-refractivity contribution in [1.82, 2.24) is 9.47 Å². The number of likely N-dealkylation sites (tertiary alicyclic amines) is 1. The van der Waals surface area contributed by atoms with E-state index in [9.17, 15) is 18.3 Å². The van der Waals surface area contributed by atoms with Crippen molar-refractivity contribution in [1.29, 1.82) is 0 Å². The van der Waals surface area contributed by atoms with E-state index < -0.39 is 11.8 Å². The van der Waals surface area contributed by atoms with Gasteiger partial charge in [0.2, 0.25) is 0 Å². The molecule has 1 aliphatic rings. The van der Waals surface area contributed by atoms with Gasteiger partial charge in [-0.25, -0.2) is 0 Å². The van der Waals surface area contributed by atoms with E-state index >= 15 is 0 Å². The van der Waals surface area contributed by atoms with Crippen molar-refractivity contribution in [3.8, 4) is 0 Å². The minimum Gasteiger partial charge on any atom is -0.380 e. The van der Waals surface area contributed by atoms with E-state index in [1.165, 1.54) is 0 Å². The van der Waals surface area contributed by atoms with Crippen LogP contribution < -0.4 is 0 Å². The van der Waals surface area contributed by atoms with Gasteiger partial charge in [-0.1, -0.05) is 11.6 Å². The third-order valence-corrected chi connectivity index (χ3v) is 4.84. The van der Waals surface area contributed by atoms with Crippen LogP contribution in [0.25, 0.3) is 10.9 Å². The average Bonchev–Trinajstić information content (AvgIpc) is 2.88. The van der Waals surface area contributed by atoms with Crippen molar-refractivity contribution >= 4 is 22.5 Å². The van der Waals surface area contributed by atoms with E-state index in [4.69, 9.17) is 11.6 Å². The van der Waals surface area contributed by atoms with E-state index in [2.05, 4.69) is 4.57 Å². The summed E-state index contributed by atoms with van der Waals surface area (Å²) in [5, 5.41) is 11.4. The first-order valence-electron chi connectivity index (χ1n) is 7.54. The lowest BCUT2D eigenvalue weighted by atomic mass is 9.91. The molecule has 1 N–H and O–H groups in total. The lowest BCUT2D eigenvalue weighted by Crippen LogP contribution is -2.53. The van der Waals surface area contributed by atoms with Gasteiger partial charge in [0.1, 0.15) is 0 Å². The third kappa shape index (κ3) is 3.34. The highest BCUT2D eigenvalue weighted by molar-refractivity contribution is 6.31. The zero-order chi connectivity index (χ0) is 16.7. The van der Waals surface area contributed by atoms with Crippen LogP contribution in [0, 0.1) is 0 Å². The lowest BCUT2D eigenvalue weighted by Gasteiger charge is -2.39. The zero-order valence-corrected chi connectivity index (χ0v) is 13.2. The molecule has 0 unspecified atom stereocenters. The molecule has 126 valence electrons. The largest absolute Gasteiger partial charge is 0.417 e. The Bertz CT molecular complexity index is 690. The molecular formula is C16H18ClF3N2O. The standard InChI is InChI=1S/C16H18ClF3N2O/c17-13-1-2-14-12(11-13)3-6-22(14)10-9-21-7-4-15(23,5-8-21)16(18,19)20/h1-3,6,11,23H,4-5,7-10H2. The number of hydrogen-bond acceptors (Lipinski definition) is 2. The molecule has 0 atom stereocenters. The minimum atomic E-state index is -4.55. The van der Waals surface area contributed by atoms with Crippen LogP contribution in [-0.2, 0) is 6.54 Å². The number of benzene rings is 1. The van der Waals surface area contributed by atoms with Crippen LogP contribution in [0.1, 0.15) is 12.8 Å². The Labute approximate surface area is 137 Å². The molecule has 0 saturated carbocycles. The lowest BCUT2D eigenvalue weighted by molar-refractivity contribution is -0.272. The molecule has 1 fully saturated rings. The predicted molar refractivity (Wildman–Crippen MR) is 83.6 cm³/mol. The molecule has 2 aromatic rings. The number of halogens is 4. The summed E-state index contributed by atoms with van der Waals surface area (Å²) in [6, 6.07) is 7.62. The maximum absolute atomic E-state index is 12.8. The SMILES string of the molecule is OC1(C(F)(F)F)CCN(CCn2ccc3cc(Cl)ccc32)CC1. The Balaban J connectivity index is 1.59. The molecule has 0 bridgehead atoms. The first-order valence-corrected chi connectivity index (χ1v) is 7.92. The molecule has 7 heteroatoms. The van der Waals surface area contributed by atoms with E-state index in [1.54, 1.807) is 0 Å². The van der Waals surface area contributed by atoms with Gasteiger partial charge in [0.05, 0.1) is 0 Å². The average molecular weight is 347 g/mol. The zero-order valence-electron chi connectivity index (χ0n) is 12.5. The molecule has 0 spiro atoms. The molecule has 1 aliphatic heterocycles. The van der Waals surface area contributed by atoms with Crippen LogP contribution in [0.2, 0.25) is 5.02 Å². The van der Waals surface area contributed by atoms with E-state index in [0.29, 0.717) is 18.1 Å². The van der Waals surface area contributed by atoms with Crippen molar-refractivity contribution in [2.24, 2.45) is 0 Å². The summed E-state index contributed by atoms with van der Waals surface area (Å²) in [7, 11) is 0. The van der Waals surface area contributed by atoms with E-state index in [0.717, 1.165) is 10.9 Å². The molecule has 1 aromatic carbocycles. The van der Waals surface area contributed by atoms with Gasteiger partial charge in [-0.15, -0.1) is 0 Å². The third-order valence-electron chi connectivity index (χ3n) is 4.60. The smallest absolute Gasteiger partial charge is 0.380 e. The van der Waals surface area contributed by atoms with Crippen molar-refractivity contribution in [2.75, 3.05) is 19.6 Å². The Kier molecular flexibility index (Phi) is 4.33. The van der Waals surface area contributed by atoms with Crippen LogP contribution in [0.5, 0.6) is 0 Å². The monoisotopic (exact) mass is 346 g/mol. The molecule has 0 amide bonds. The van der Waals surface area contributed by atoms with Crippen molar-refractivity contribution < 1.29 is 18.3 Å². The summed E-state index contributed by atoms with van der Waals surface area (Å²) < 4.78 is 40.4. The topological polar surface area (TPSA) is 28.4 Å². The molecular weight excluding hydrogens is 329 g/mol. The van der Waals surface area contributed by atoms with Crippen molar-refractivity contribution in [3.63, 3.8) is 0 Å². The molecule has 23 heavy (non-hydrogen) atoms. The van der Waals surface area contributed by atoms with Gasteiger partial charge in [0.25, 0.3) is 0 Å². The second kappa shape index (κ2) is 6.00. The van der Waals surface area contributed by atoms with Gasteiger partial charge in [-0.05, 0) is 37.1 Å². The van der Waals surface area contributed by atoms with Crippen LogP contribution in [0.15, 0.2) is 30.5 Å². The normalized spacial score (nSPS) is 19.3. The Morgan fingerprint density at radius 1 is 1.13 bits per heavy atom. The molecule has 3 nitrogen and oxygen atoms in total. The maximum Gasteiger partial charge on any atom is 0.417 e. The Morgan fingerprint density at radius 2 is 1.83 bits per heavy atom. The van der Waals surface area contributed by atoms with Crippen LogP contribution in [0.4, 0.5) is 13.2 Å². The van der Waals surface area contributed by atoms with Gasteiger partial charge in [0, 0.05) is 48.3 Å². The van der Waals surface area contributed by atoms with Gasteiger partial charge >= 0.3 is 6.18 Å². The van der Waals surface area contributed by atoms with Crippen molar-refractivity contribution in [3.05, 3.63) is 35.5 Å². The number of nitrogens with zero attached hydrogens (tertiary/aromatic N) is 2. The number of piperidine rings is 1. The van der Waals surface area contributed by atoms with E-state index in [1.807, 2.05) is 35.4 Å². The minimum absolute atomic E-state index is 0.251. The Hall–Kier alpha value is -1.24. The number of fused-ring (bicyclic) bond motifs is 1. The van der Waals surface area contributed by atoms with Crippen molar-refractivity contribution in [2.45, 2.75) is 31.2 Å². The first-order chi connectivity index (χ1) is 10.8. The molecule has 1 aromatic heterocycles. The van der Waals surface area contributed by atoms with Gasteiger partial charge in [-0.3, -0.25) is 0 Å². The first kappa shape index (κ1) is 16.6. The van der Waals surface area contributed by atoms with Gasteiger partial charge in [-0.2, -0.15) is 13.2 Å². The summed E-state index contributed by atoms with van der Waals surface area (Å²) >= 11 is 5.96. The number of aliphatic hydroxyl groups is 1. The fraction of sp³-hybridized carbons (Fsp3) is 0.500. The molecule has 1 saturated heterocycles. The Morgan fingerprint density at radius 3 is 2.48 bits per heavy atom. The van der Waals surface area contributed by atoms with Crippen LogP contribution in [-0.4, -0.2) is 46.0 Å². The number of alkyl halides is 3. The summed E-state index contributed by atoms with van der Waals surface area (Å²) in [5.41, 5.74) is -1.47. The predicted octanol–water partition coefficient (Wildman–Crippen LogP) is 3.68. The second-order valence-electron chi connectivity index (χ2n) is 6.08. The molecule has 0 radical (unpaired) electrons. The highest BCUT2D eigenvalue weighted by Crippen LogP contribution is 2.38. The number of aromatic nitrogens is 1. The molecule has 0 aliphatic carbocycles. The fourth-order valence-electron chi connectivity index (χ4n) is 3.05. The highest BCUT2D eigenvalue weighted by atomic mass is 35.5. The fourth-order valence-corrected chi connectivity index (χ4v) is 3.23. The van der Waals surface area contributed by atoms with E-state index in [-0.39, 0.29) is 25.9 Å². The summed E-state index contributed by atoms with van der Waals surface area (Å²) in [5.74, 6) is 0. The van der Waals surface area contributed by atoms with Gasteiger partial charge < -0.3 is 14.6 Å². The van der Waals surface area contributed by atoms with Gasteiger partial charge in [0.15, 0.2) is 5.60 Å². The summed E-state index contributed by atoms with van der Waals surface area (Å²) in [6.45, 7) is 1.85. The quantitative estimate of drug-likeness (QED) is 0.918. The molecule has 2 heterocycles. The molecule has 3 rings (SSSR count). The number of rotatable bonds is 3. The number of hydrogen-bond donors (Lipinski definition) is 1. The maximum atomic E-state index is 12.8. The van der Waals surface area contributed by atoms with Crippen LogP contribution in [0.3, 0.4) is 0 Å². The summed E-state index contributed by atoms with van der Waals surface area (Å²) in [4.78, 5) is 1.96. The highest BCUT2D eigenvalue weighted by Gasteiger charge is 2.54. The summed E-state index contributed by atoms with van der Waals surface area (Å²) in [6.07, 6.45) is -3.12. The second-order valence-corrected chi connectivity index (χ2v) is 6.52.